The molecule has 0 heterocycles. The lowest BCUT2D eigenvalue weighted by atomic mass is 10.3. The average Bonchev–Trinajstić information content (AvgIpc) is 2.00. The van der Waals surface area contributed by atoms with E-state index in [0.717, 1.165) is 13.1 Å². The second-order valence-corrected chi connectivity index (χ2v) is 4.14. The monoisotopic (exact) mass is 201 g/mol. The first-order valence-corrected chi connectivity index (χ1v) is 5.19. The van der Waals surface area contributed by atoms with Crippen molar-refractivity contribution in [2.24, 2.45) is 5.73 Å². The van der Waals surface area contributed by atoms with E-state index in [0.29, 0.717) is 18.6 Å². The first kappa shape index (κ1) is 13.4. The first-order chi connectivity index (χ1) is 6.43. The Morgan fingerprint density at radius 1 is 1.36 bits per heavy atom. The predicted molar refractivity (Wildman–Crippen MR) is 59.0 cm³/mol. The molecule has 3 N–H and O–H groups in total. The smallest absolute Gasteiger partial charge is 0.231 e. The van der Waals surface area contributed by atoms with Crippen molar-refractivity contribution in [1.29, 1.82) is 0 Å². The van der Waals surface area contributed by atoms with Gasteiger partial charge < -0.3 is 11.1 Å². The summed E-state index contributed by atoms with van der Waals surface area (Å²) in [5.74, 6) is -0.261. The molecule has 0 radical (unpaired) electrons. The molecule has 1 amide bonds. The Hall–Kier alpha value is -0.610. The summed E-state index contributed by atoms with van der Waals surface area (Å²) in [6.45, 7) is 10.4. The highest BCUT2D eigenvalue weighted by Gasteiger charge is 2.11. The number of rotatable bonds is 7. The SMILES string of the molecule is CC(C)NCCN(CC(N)=O)C(C)C. The molecule has 4 heteroatoms. The molecule has 84 valence electrons. The van der Waals surface area contributed by atoms with E-state index in [4.69, 9.17) is 5.73 Å². The van der Waals surface area contributed by atoms with Gasteiger partial charge in [-0.25, -0.2) is 0 Å². The number of hydrogen-bond donors (Lipinski definition) is 2. The summed E-state index contributed by atoms with van der Waals surface area (Å²) in [4.78, 5) is 12.8. The number of amides is 1. The lowest BCUT2D eigenvalue weighted by molar-refractivity contribution is -0.119. The van der Waals surface area contributed by atoms with E-state index in [1.54, 1.807) is 0 Å². The minimum absolute atomic E-state index is 0.261. The maximum Gasteiger partial charge on any atom is 0.231 e. The van der Waals surface area contributed by atoms with Crippen LogP contribution in [0.5, 0.6) is 0 Å². The van der Waals surface area contributed by atoms with Crippen LogP contribution in [0.2, 0.25) is 0 Å². The molecular formula is C10H23N3O. The van der Waals surface area contributed by atoms with Crippen molar-refractivity contribution in [1.82, 2.24) is 10.2 Å². The largest absolute Gasteiger partial charge is 0.369 e. The van der Waals surface area contributed by atoms with Crippen LogP contribution in [0.3, 0.4) is 0 Å². The van der Waals surface area contributed by atoms with E-state index in [-0.39, 0.29) is 5.91 Å². The van der Waals surface area contributed by atoms with Crippen LogP contribution in [0.25, 0.3) is 0 Å². The average molecular weight is 201 g/mol. The third-order valence-electron chi connectivity index (χ3n) is 2.04. The van der Waals surface area contributed by atoms with Crippen molar-refractivity contribution in [3.63, 3.8) is 0 Å². The van der Waals surface area contributed by atoms with Crippen LogP contribution >= 0.6 is 0 Å². The van der Waals surface area contributed by atoms with Crippen molar-refractivity contribution in [3.05, 3.63) is 0 Å². The number of carbonyl (C=O) groups excluding carboxylic acids is 1. The fourth-order valence-corrected chi connectivity index (χ4v) is 1.22. The molecule has 0 rings (SSSR count). The number of nitrogens with zero attached hydrogens (tertiary/aromatic N) is 1. The second-order valence-electron chi connectivity index (χ2n) is 4.14. The molecular weight excluding hydrogens is 178 g/mol. The van der Waals surface area contributed by atoms with Gasteiger partial charge in [0.2, 0.25) is 5.91 Å². The van der Waals surface area contributed by atoms with Crippen molar-refractivity contribution in [2.75, 3.05) is 19.6 Å². The summed E-state index contributed by atoms with van der Waals surface area (Å²) in [6.07, 6.45) is 0. The van der Waals surface area contributed by atoms with Crippen molar-refractivity contribution < 1.29 is 4.79 Å². The topological polar surface area (TPSA) is 58.4 Å². The minimum atomic E-state index is -0.261. The lowest BCUT2D eigenvalue weighted by Gasteiger charge is -2.25. The molecule has 0 fully saturated rings. The molecule has 0 aliphatic rings. The molecule has 0 atom stereocenters. The second kappa shape index (κ2) is 6.79. The van der Waals surface area contributed by atoms with E-state index in [1.165, 1.54) is 0 Å². The Morgan fingerprint density at radius 2 is 1.93 bits per heavy atom. The number of nitrogens with two attached hydrogens (primary N) is 1. The summed E-state index contributed by atoms with van der Waals surface area (Å²) in [6, 6.07) is 0.842. The van der Waals surface area contributed by atoms with E-state index >= 15 is 0 Å². The molecule has 0 saturated heterocycles. The molecule has 0 aromatic heterocycles. The fraction of sp³-hybridized carbons (Fsp3) is 0.900. The van der Waals surface area contributed by atoms with Crippen molar-refractivity contribution in [3.8, 4) is 0 Å². The van der Waals surface area contributed by atoms with Gasteiger partial charge in [0.1, 0.15) is 0 Å². The third kappa shape index (κ3) is 6.86. The van der Waals surface area contributed by atoms with Gasteiger partial charge in [0.05, 0.1) is 6.54 Å². The van der Waals surface area contributed by atoms with Gasteiger partial charge in [-0.1, -0.05) is 13.8 Å². The quantitative estimate of drug-likeness (QED) is 0.618. The molecule has 0 spiro atoms. The Balaban J connectivity index is 3.79. The van der Waals surface area contributed by atoms with Gasteiger partial charge in [-0.15, -0.1) is 0 Å². The van der Waals surface area contributed by atoms with Gasteiger partial charge in [0, 0.05) is 25.2 Å². The van der Waals surface area contributed by atoms with Crippen LogP contribution in [0.15, 0.2) is 0 Å². The predicted octanol–water partition coefficient (Wildman–Crippen LogP) is 0.180. The Labute approximate surface area is 86.8 Å². The zero-order valence-electron chi connectivity index (χ0n) is 9.71. The van der Waals surface area contributed by atoms with Crippen molar-refractivity contribution in [2.45, 2.75) is 39.8 Å². The summed E-state index contributed by atoms with van der Waals surface area (Å²) < 4.78 is 0. The van der Waals surface area contributed by atoms with Crippen molar-refractivity contribution >= 4 is 5.91 Å². The molecule has 0 unspecified atom stereocenters. The molecule has 0 aromatic rings. The molecule has 0 saturated carbocycles. The van der Waals surface area contributed by atoms with E-state index in [1.807, 2.05) is 0 Å². The maximum atomic E-state index is 10.8. The first-order valence-electron chi connectivity index (χ1n) is 5.19. The van der Waals surface area contributed by atoms with Gasteiger partial charge in [-0.3, -0.25) is 9.69 Å². The molecule has 0 aromatic carbocycles. The highest BCUT2D eigenvalue weighted by atomic mass is 16.1. The van der Waals surface area contributed by atoms with Crippen LogP contribution in [-0.2, 0) is 4.79 Å². The fourth-order valence-electron chi connectivity index (χ4n) is 1.22. The zero-order chi connectivity index (χ0) is 11.1. The standard InChI is InChI=1S/C10H23N3O/c1-8(2)12-5-6-13(9(3)4)7-10(11)14/h8-9,12H,5-7H2,1-4H3,(H2,11,14). The molecule has 0 aliphatic carbocycles. The van der Waals surface area contributed by atoms with Gasteiger partial charge >= 0.3 is 0 Å². The van der Waals surface area contributed by atoms with E-state index < -0.39 is 0 Å². The minimum Gasteiger partial charge on any atom is -0.369 e. The molecule has 4 nitrogen and oxygen atoms in total. The third-order valence-corrected chi connectivity index (χ3v) is 2.04. The number of primary amides is 1. The Kier molecular flexibility index (Phi) is 6.49. The van der Waals surface area contributed by atoms with Crippen LogP contribution < -0.4 is 11.1 Å². The van der Waals surface area contributed by atoms with Gasteiger partial charge in [0.25, 0.3) is 0 Å². The Morgan fingerprint density at radius 3 is 2.29 bits per heavy atom. The normalized spacial score (nSPS) is 11.6. The highest BCUT2D eigenvalue weighted by Crippen LogP contribution is 1.95. The van der Waals surface area contributed by atoms with Crippen LogP contribution in [0.4, 0.5) is 0 Å². The maximum absolute atomic E-state index is 10.8. The summed E-state index contributed by atoms with van der Waals surface area (Å²) >= 11 is 0. The summed E-state index contributed by atoms with van der Waals surface area (Å²) in [7, 11) is 0. The molecule has 14 heavy (non-hydrogen) atoms. The van der Waals surface area contributed by atoms with E-state index in [9.17, 15) is 4.79 Å². The van der Waals surface area contributed by atoms with Crippen LogP contribution in [-0.4, -0.2) is 42.5 Å². The Bertz CT molecular complexity index is 169. The number of nitrogens with one attached hydrogen (secondary N) is 1. The van der Waals surface area contributed by atoms with E-state index in [2.05, 4.69) is 37.9 Å². The van der Waals surface area contributed by atoms with Gasteiger partial charge in [-0.2, -0.15) is 0 Å². The lowest BCUT2D eigenvalue weighted by Crippen LogP contribution is -2.43. The van der Waals surface area contributed by atoms with Crippen LogP contribution in [0.1, 0.15) is 27.7 Å². The number of hydrogen-bond acceptors (Lipinski definition) is 3. The highest BCUT2D eigenvalue weighted by molar-refractivity contribution is 5.75. The molecule has 0 bridgehead atoms. The number of carbonyl (C=O) groups is 1. The molecule has 0 aliphatic heterocycles. The zero-order valence-corrected chi connectivity index (χ0v) is 9.71. The van der Waals surface area contributed by atoms with Gasteiger partial charge in [0.15, 0.2) is 0 Å². The summed E-state index contributed by atoms with van der Waals surface area (Å²) in [5.41, 5.74) is 5.16. The van der Waals surface area contributed by atoms with Gasteiger partial charge in [-0.05, 0) is 13.8 Å². The van der Waals surface area contributed by atoms with Crippen LogP contribution in [0, 0.1) is 0 Å². The summed E-state index contributed by atoms with van der Waals surface area (Å²) in [5, 5.41) is 3.31.